The third kappa shape index (κ3) is 5.10. The molecule has 4 aromatic rings. The number of carbonyl (C=O) groups is 3. The van der Waals surface area contributed by atoms with Crippen LogP contribution in [0.3, 0.4) is 0 Å². The lowest BCUT2D eigenvalue weighted by atomic mass is 10.0. The van der Waals surface area contributed by atoms with E-state index < -0.39 is 22.9 Å². The van der Waals surface area contributed by atoms with Crippen LogP contribution in [0.1, 0.15) is 21.5 Å². The molecule has 1 saturated heterocycles. The first-order chi connectivity index (χ1) is 17.9. The number of ether oxygens (including phenoxy) is 2. The quantitative estimate of drug-likeness (QED) is 0.168. The fourth-order valence-corrected chi connectivity index (χ4v) is 4.81. The van der Waals surface area contributed by atoms with Gasteiger partial charge >= 0.3 is 5.97 Å². The smallest absolute Gasteiger partial charge is 0.344 e. The molecule has 0 radical (unpaired) electrons. The highest BCUT2D eigenvalue weighted by Crippen LogP contribution is 2.35. The Kier molecular flexibility index (Phi) is 6.74. The molecule has 2 amide bonds. The number of fused-ring (bicyclic) bond motifs is 1. The fraction of sp³-hybridized carbons (Fsp3) is 0.0690. The molecule has 0 bridgehead atoms. The number of benzene rings is 4. The van der Waals surface area contributed by atoms with Crippen molar-refractivity contribution >= 4 is 45.7 Å². The van der Waals surface area contributed by atoms with Crippen molar-refractivity contribution in [2.24, 2.45) is 0 Å². The summed E-state index contributed by atoms with van der Waals surface area (Å²) in [6.45, 7) is 0.0503. The summed E-state index contributed by atoms with van der Waals surface area (Å²) < 4.78 is 24.2. The molecule has 1 aliphatic heterocycles. The van der Waals surface area contributed by atoms with E-state index in [-0.39, 0.29) is 17.2 Å². The van der Waals surface area contributed by atoms with Gasteiger partial charge < -0.3 is 9.47 Å². The van der Waals surface area contributed by atoms with Gasteiger partial charge in [0.1, 0.15) is 5.82 Å². The second kappa shape index (κ2) is 10.3. The van der Waals surface area contributed by atoms with E-state index in [2.05, 4.69) is 0 Å². The van der Waals surface area contributed by atoms with Crippen molar-refractivity contribution in [2.45, 2.75) is 6.54 Å². The molecule has 0 aliphatic carbocycles. The van der Waals surface area contributed by atoms with E-state index >= 15 is 0 Å². The van der Waals surface area contributed by atoms with Crippen LogP contribution in [0.25, 0.3) is 16.8 Å². The molecule has 0 unspecified atom stereocenters. The molecule has 1 fully saturated rings. The first-order valence-corrected chi connectivity index (χ1v) is 12.1. The average Bonchev–Trinajstić information content (AvgIpc) is 3.17. The Bertz CT molecular complexity index is 1560. The Hall–Kier alpha value is -4.43. The van der Waals surface area contributed by atoms with Gasteiger partial charge in [-0.15, -0.1) is 0 Å². The van der Waals surface area contributed by atoms with Crippen LogP contribution >= 0.6 is 11.8 Å². The molecular formula is C29H20FNO5S. The van der Waals surface area contributed by atoms with E-state index in [0.29, 0.717) is 22.4 Å². The van der Waals surface area contributed by atoms with E-state index in [1.54, 1.807) is 36.4 Å². The number of carbonyl (C=O) groups excluding carboxylic acids is 3. The first-order valence-electron chi connectivity index (χ1n) is 11.3. The highest BCUT2D eigenvalue weighted by molar-refractivity contribution is 8.18. The van der Waals surface area contributed by atoms with Crippen LogP contribution in [0.2, 0.25) is 0 Å². The van der Waals surface area contributed by atoms with Gasteiger partial charge in [0.05, 0.1) is 24.1 Å². The summed E-state index contributed by atoms with van der Waals surface area (Å²) in [6.07, 6.45) is 1.58. The predicted octanol–water partition coefficient (Wildman–Crippen LogP) is 6.44. The lowest BCUT2D eigenvalue weighted by molar-refractivity contribution is -0.123. The van der Waals surface area contributed by atoms with E-state index in [9.17, 15) is 18.8 Å². The monoisotopic (exact) mass is 513 g/mol. The predicted molar refractivity (Wildman–Crippen MR) is 140 cm³/mol. The Labute approximate surface area is 216 Å². The minimum atomic E-state index is -0.523. The van der Waals surface area contributed by atoms with Gasteiger partial charge in [0.2, 0.25) is 0 Å². The number of hydrogen-bond acceptors (Lipinski definition) is 6. The summed E-state index contributed by atoms with van der Waals surface area (Å²) in [5.41, 5.74) is 1.66. The number of rotatable bonds is 6. The van der Waals surface area contributed by atoms with Crippen LogP contribution in [0, 0.1) is 5.82 Å². The number of hydrogen-bond donors (Lipinski definition) is 0. The Morgan fingerprint density at radius 1 is 0.946 bits per heavy atom. The fourth-order valence-electron chi connectivity index (χ4n) is 3.98. The summed E-state index contributed by atoms with van der Waals surface area (Å²) in [6, 6.07) is 23.5. The van der Waals surface area contributed by atoms with Crippen LogP contribution < -0.4 is 9.47 Å². The first kappa shape index (κ1) is 24.3. The van der Waals surface area contributed by atoms with Crippen molar-refractivity contribution in [1.82, 2.24) is 4.90 Å². The van der Waals surface area contributed by atoms with Crippen LogP contribution in [0.4, 0.5) is 9.18 Å². The Morgan fingerprint density at radius 3 is 2.49 bits per heavy atom. The maximum absolute atomic E-state index is 13.2. The second-order valence-corrected chi connectivity index (χ2v) is 9.21. The summed E-state index contributed by atoms with van der Waals surface area (Å²) in [5.74, 6) is -0.831. The molecule has 6 nitrogen and oxygen atoms in total. The molecular weight excluding hydrogens is 493 g/mol. The molecule has 1 aliphatic rings. The zero-order valence-electron chi connectivity index (χ0n) is 19.6. The number of halogens is 1. The third-order valence-electron chi connectivity index (χ3n) is 5.83. The van der Waals surface area contributed by atoms with Gasteiger partial charge in [0.15, 0.2) is 11.5 Å². The minimum Gasteiger partial charge on any atom is -0.493 e. The number of imide groups is 1. The van der Waals surface area contributed by atoms with Gasteiger partial charge in [-0.05, 0) is 70.1 Å². The van der Waals surface area contributed by atoms with Crippen LogP contribution in [0.15, 0.2) is 89.8 Å². The number of esters is 1. The van der Waals surface area contributed by atoms with Crippen molar-refractivity contribution in [2.75, 3.05) is 7.11 Å². The lowest BCUT2D eigenvalue weighted by Crippen LogP contribution is -2.27. The van der Waals surface area contributed by atoms with Crippen molar-refractivity contribution < 1.29 is 28.2 Å². The van der Waals surface area contributed by atoms with Gasteiger partial charge in [0, 0.05) is 0 Å². The van der Waals surface area contributed by atoms with Gasteiger partial charge in [-0.1, -0.05) is 54.6 Å². The van der Waals surface area contributed by atoms with Gasteiger partial charge in [-0.25, -0.2) is 9.18 Å². The molecule has 0 saturated carbocycles. The Balaban J connectivity index is 1.35. The number of methoxy groups -OCH3 is 1. The number of nitrogens with zero attached hydrogens (tertiary/aromatic N) is 1. The minimum absolute atomic E-state index is 0.0503. The second-order valence-electron chi connectivity index (χ2n) is 8.22. The largest absolute Gasteiger partial charge is 0.493 e. The maximum atomic E-state index is 13.2. The summed E-state index contributed by atoms with van der Waals surface area (Å²) in [7, 11) is 1.45. The third-order valence-corrected chi connectivity index (χ3v) is 6.73. The van der Waals surface area contributed by atoms with Crippen LogP contribution in [-0.2, 0) is 11.3 Å². The molecule has 5 rings (SSSR count). The van der Waals surface area contributed by atoms with Crippen LogP contribution in [-0.4, -0.2) is 29.1 Å². The molecule has 37 heavy (non-hydrogen) atoms. The Morgan fingerprint density at radius 2 is 1.70 bits per heavy atom. The zero-order valence-corrected chi connectivity index (χ0v) is 20.5. The summed E-state index contributed by atoms with van der Waals surface area (Å²) >= 11 is 0.824. The zero-order chi connectivity index (χ0) is 25.9. The molecule has 0 N–H and O–H groups in total. The molecule has 184 valence electrons. The summed E-state index contributed by atoms with van der Waals surface area (Å²) in [5, 5.41) is 1.29. The van der Waals surface area contributed by atoms with Gasteiger partial charge in [-0.3, -0.25) is 14.5 Å². The lowest BCUT2D eigenvalue weighted by Gasteiger charge is -2.12. The normalized spacial score (nSPS) is 14.4. The highest BCUT2D eigenvalue weighted by Gasteiger charge is 2.35. The van der Waals surface area contributed by atoms with E-state index in [4.69, 9.17) is 9.47 Å². The van der Waals surface area contributed by atoms with Crippen LogP contribution in [0.5, 0.6) is 11.5 Å². The van der Waals surface area contributed by atoms with Crippen molar-refractivity contribution in [3.63, 3.8) is 0 Å². The molecule has 0 spiro atoms. The number of amides is 2. The average molecular weight is 514 g/mol. The molecule has 0 atom stereocenters. The molecule has 8 heteroatoms. The molecule has 1 heterocycles. The highest BCUT2D eigenvalue weighted by atomic mass is 32.2. The standard InChI is InChI=1S/C29H20FNO5S/c1-35-25-15-19(16-26-27(32)31(29(34)37-26)17-18-9-12-21(30)13-10-18)11-14-24(25)36-28(33)23-8-4-6-20-5-2-3-7-22(20)23/h2-16H,17H2,1H3/b26-16-. The maximum Gasteiger partial charge on any atom is 0.344 e. The number of thioether (sulfide) groups is 1. The van der Waals surface area contributed by atoms with Crippen molar-refractivity contribution in [1.29, 1.82) is 0 Å². The van der Waals surface area contributed by atoms with E-state index in [0.717, 1.165) is 27.4 Å². The van der Waals surface area contributed by atoms with E-state index in [1.807, 2.05) is 30.3 Å². The van der Waals surface area contributed by atoms with Gasteiger partial charge in [-0.2, -0.15) is 0 Å². The van der Waals surface area contributed by atoms with Crippen molar-refractivity contribution in [3.8, 4) is 11.5 Å². The molecule has 0 aromatic heterocycles. The topological polar surface area (TPSA) is 72.9 Å². The van der Waals surface area contributed by atoms with Crippen molar-refractivity contribution in [3.05, 3.63) is 112 Å². The molecule has 4 aromatic carbocycles. The summed E-state index contributed by atoms with van der Waals surface area (Å²) in [4.78, 5) is 39.6. The van der Waals surface area contributed by atoms with Gasteiger partial charge in [0.25, 0.3) is 11.1 Å². The SMILES string of the molecule is COc1cc(/C=C2\SC(=O)N(Cc3ccc(F)cc3)C2=O)ccc1OC(=O)c1cccc2ccccc12. The van der Waals surface area contributed by atoms with E-state index in [1.165, 1.54) is 31.4 Å².